The Balaban J connectivity index is 1.46. The first-order valence-corrected chi connectivity index (χ1v) is 9.80. The SMILES string of the molecule is C=C[C@H](NC(=O)Cn1nc2c(NC3COC3)ccnn2c1=O)c1ccc(OC(F)(F)F)cc1. The molecule has 0 aliphatic carbocycles. The second-order valence-electron chi connectivity index (χ2n) is 7.20. The molecule has 0 radical (unpaired) electrons. The lowest BCUT2D eigenvalue weighted by Gasteiger charge is -2.27. The van der Waals surface area contributed by atoms with Gasteiger partial charge in [-0.1, -0.05) is 18.2 Å². The Kier molecular flexibility index (Phi) is 6.05. The number of ether oxygens (including phenoxy) is 2. The van der Waals surface area contributed by atoms with Gasteiger partial charge in [0.15, 0.2) is 0 Å². The van der Waals surface area contributed by atoms with Crippen LogP contribution in [0.4, 0.5) is 18.9 Å². The highest BCUT2D eigenvalue weighted by atomic mass is 19.4. The number of anilines is 1. The minimum Gasteiger partial charge on any atom is -0.406 e. The van der Waals surface area contributed by atoms with Gasteiger partial charge in [0.25, 0.3) is 0 Å². The number of fused-ring (bicyclic) bond motifs is 1. The van der Waals surface area contributed by atoms with Gasteiger partial charge in [-0.05, 0) is 23.8 Å². The fourth-order valence-corrected chi connectivity index (χ4v) is 3.19. The van der Waals surface area contributed by atoms with Crippen LogP contribution in [-0.4, -0.2) is 50.9 Å². The molecule has 1 aliphatic rings. The largest absolute Gasteiger partial charge is 0.573 e. The molecule has 1 aromatic carbocycles. The number of carbonyl (C=O) groups is 1. The van der Waals surface area contributed by atoms with E-state index >= 15 is 0 Å². The van der Waals surface area contributed by atoms with Crippen molar-refractivity contribution in [2.24, 2.45) is 0 Å². The topological polar surface area (TPSA) is 112 Å². The average Bonchev–Trinajstić information content (AvgIpc) is 3.04. The predicted octanol–water partition coefficient (Wildman–Crippen LogP) is 1.64. The number of benzene rings is 1. The number of rotatable bonds is 8. The zero-order chi connectivity index (χ0) is 23.6. The summed E-state index contributed by atoms with van der Waals surface area (Å²) < 4.78 is 48.0. The van der Waals surface area contributed by atoms with Crippen LogP contribution in [0.15, 0.2) is 54.0 Å². The highest BCUT2D eigenvalue weighted by Gasteiger charge is 2.31. The summed E-state index contributed by atoms with van der Waals surface area (Å²) in [6, 6.07) is 6.06. The van der Waals surface area contributed by atoms with Crippen molar-refractivity contribution < 1.29 is 27.4 Å². The summed E-state index contributed by atoms with van der Waals surface area (Å²) in [5, 5.41) is 14.1. The second kappa shape index (κ2) is 8.94. The molecule has 2 N–H and O–H groups in total. The van der Waals surface area contributed by atoms with Gasteiger partial charge in [-0.15, -0.1) is 24.8 Å². The maximum absolute atomic E-state index is 12.6. The van der Waals surface area contributed by atoms with Gasteiger partial charge in [0.1, 0.15) is 12.3 Å². The van der Waals surface area contributed by atoms with Crippen LogP contribution in [0.5, 0.6) is 5.75 Å². The zero-order valence-corrected chi connectivity index (χ0v) is 17.1. The summed E-state index contributed by atoms with van der Waals surface area (Å²) in [6.07, 6.45) is -1.94. The smallest absolute Gasteiger partial charge is 0.406 e. The van der Waals surface area contributed by atoms with Gasteiger partial charge in [0.05, 0.1) is 37.2 Å². The standard InChI is InChI=1S/C20H19F3N6O4/c1-2-15(12-3-5-14(6-4-12)33-20(21,22)23)26-17(30)9-28-19(31)29-18(27-28)16(7-8-24-29)25-13-10-32-11-13/h2-8,13,15,25H,1,9-11H2,(H,26,30)/t15-/m0/s1. The monoisotopic (exact) mass is 464 g/mol. The number of nitrogens with zero attached hydrogens (tertiary/aromatic N) is 4. The number of amides is 1. The summed E-state index contributed by atoms with van der Waals surface area (Å²) in [5.74, 6) is -0.940. The summed E-state index contributed by atoms with van der Waals surface area (Å²) in [6.45, 7) is 4.32. The molecule has 0 spiro atoms. The molecule has 33 heavy (non-hydrogen) atoms. The van der Waals surface area contributed by atoms with Crippen molar-refractivity contribution in [2.45, 2.75) is 25.0 Å². The molecule has 4 rings (SSSR count). The molecule has 3 aromatic rings. The number of carbonyl (C=O) groups excluding carboxylic acids is 1. The van der Waals surface area contributed by atoms with Crippen molar-refractivity contribution in [2.75, 3.05) is 18.5 Å². The molecule has 0 bridgehead atoms. The number of hydrogen-bond donors (Lipinski definition) is 2. The molecule has 1 aliphatic heterocycles. The van der Waals surface area contributed by atoms with E-state index in [1.807, 2.05) is 0 Å². The van der Waals surface area contributed by atoms with Gasteiger partial charge in [-0.2, -0.15) is 9.61 Å². The average molecular weight is 464 g/mol. The third-order valence-corrected chi connectivity index (χ3v) is 4.80. The van der Waals surface area contributed by atoms with Gasteiger partial charge in [-0.3, -0.25) is 4.79 Å². The van der Waals surface area contributed by atoms with E-state index < -0.39 is 30.5 Å². The van der Waals surface area contributed by atoms with E-state index in [4.69, 9.17) is 4.74 Å². The van der Waals surface area contributed by atoms with Gasteiger partial charge in [0, 0.05) is 0 Å². The van der Waals surface area contributed by atoms with Crippen LogP contribution in [0, 0.1) is 0 Å². The maximum atomic E-state index is 12.6. The fourth-order valence-electron chi connectivity index (χ4n) is 3.19. The Labute approximate surface area is 184 Å². The molecule has 13 heteroatoms. The van der Waals surface area contributed by atoms with E-state index in [2.05, 4.69) is 32.1 Å². The van der Waals surface area contributed by atoms with Crippen LogP contribution < -0.4 is 21.1 Å². The van der Waals surface area contributed by atoms with E-state index in [0.717, 1.165) is 21.3 Å². The second-order valence-corrected chi connectivity index (χ2v) is 7.20. The molecule has 0 saturated carbocycles. The zero-order valence-electron chi connectivity index (χ0n) is 17.1. The van der Waals surface area contributed by atoms with E-state index in [0.29, 0.717) is 24.5 Å². The van der Waals surface area contributed by atoms with Crippen LogP contribution in [0.2, 0.25) is 0 Å². The van der Waals surface area contributed by atoms with E-state index in [9.17, 15) is 22.8 Å². The predicted molar refractivity (Wildman–Crippen MR) is 110 cm³/mol. The van der Waals surface area contributed by atoms with Crippen molar-refractivity contribution in [1.82, 2.24) is 24.7 Å². The summed E-state index contributed by atoms with van der Waals surface area (Å²) in [4.78, 5) is 25.2. The Hall–Kier alpha value is -3.87. The Morgan fingerprint density at radius 1 is 1.30 bits per heavy atom. The third-order valence-electron chi connectivity index (χ3n) is 4.80. The number of aromatic nitrogens is 4. The highest BCUT2D eigenvalue weighted by Crippen LogP contribution is 2.24. The highest BCUT2D eigenvalue weighted by molar-refractivity contribution is 5.76. The van der Waals surface area contributed by atoms with Crippen molar-refractivity contribution in [3.63, 3.8) is 0 Å². The molecule has 3 heterocycles. The first-order valence-electron chi connectivity index (χ1n) is 9.80. The van der Waals surface area contributed by atoms with Crippen LogP contribution >= 0.6 is 0 Å². The van der Waals surface area contributed by atoms with Crippen molar-refractivity contribution in [1.29, 1.82) is 0 Å². The molecule has 1 atom stereocenters. The number of alkyl halides is 3. The third kappa shape index (κ3) is 5.14. The molecule has 1 fully saturated rings. The maximum Gasteiger partial charge on any atom is 0.573 e. The van der Waals surface area contributed by atoms with Gasteiger partial charge in [0.2, 0.25) is 11.6 Å². The molecule has 2 aromatic heterocycles. The van der Waals surface area contributed by atoms with E-state index in [1.165, 1.54) is 24.4 Å². The Bertz CT molecular complexity index is 1220. The van der Waals surface area contributed by atoms with Gasteiger partial charge in [-0.25, -0.2) is 9.48 Å². The molecule has 1 amide bonds. The molecule has 1 saturated heterocycles. The summed E-state index contributed by atoms with van der Waals surface area (Å²) in [7, 11) is 0. The molecular formula is C20H19F3N6O4. The van der Waals surface area contributed by atoms with Crippen LogP contribution in [0.1, 0.15) is 11.6 Å². The Morgan fingerprint density at radius 2 is 2.03 bits per heavy atom. The van der Waals surface area contributed by atoms with Crippen molar-refractivity contribution in [3.8, 4) is 5.75 Å². The normalized spacial score (nSPS) is 15.0. The minimum atomic E-state index is -4.80. The minimum absolute atomic E-state index is 0.0982. The summed E-state index contributed by atoms with van der Waals surface area (Å²) in [5.41, 5.74) is 0.728. The first-order chi connectivity index (χ1) is 15.7. The lowest BCUT2D eigenvalue weighted by atomic mass is 10.1. The number of nitrogens with one attached hydrogen (secondary N) is 2. The van der Waals surface area contributed by atoms with Crippen LogP contribution in [-0.2, 0) is 16.1 Å². The molecule has 0 unspecified atom stereocenters. The lowest BCUT2D eigenvalue weighted by Crippen LogP contribution is -2.40. The van der Waals surface area contributed by atoms with Crippen molar-refractivity contribution >= 4 is 17.2 Å². The lowest BCUT2D eigenvalue weighted by molar-refractivity contribution is -0.274. The quantitative estimate of drug-likeness (QED) is 0.488. The van der Waals surface area contributed by atoms with E-state index in [1.54, 1.807) is 6.07 Å². The van der Waals surface area contributed by atoms with Gasteiger partial charge < -0.3 is 20.1 Å². The first kappa shape index (κ1) is 22.3. The summed E-state index contributed by atoms with van der Waals surface area (Å²) >= 11 is 0. The van der Waals surface area contributed by atoms with Crippen molar-refractivity contribution in [3.05, 3.63) is 65.2 Å². The molecule has 10 nitrogen and oxygen atoms in total. The van der Waals surface area contributed by atoms with Gasteiger partial charge >= 0.3 is 12.1 Å². The fraction of sp³-hybridized carbons (Fsp3) is 0.300. The van der Waals surface area contributed by atoms with Crippen LogP contribution in [0.3, 0.4) is 0 Å². The van der Waals surface area contributed by atoms with E-state index in [-0.39, 0.29) is 17.4 Å². The molecular weight excluding hydrogens is 445 g/mol. The Morgan fingerprint density at radius 3 is 2.64 bits per heavy atom. The molecule has 174 valence electrons. The number of hydrogen-bond acceptors (Lipinski definition) is 7. The van der Waals surface area contributed by atoms with Crippen LogP contribution in [0.25, 0.3) is 5.65 Å². The number of halogens is 3.